The van der Waals surface area contributed by atoms with Crippen LogP contribution < -0.4 is 47.9 Å². The molecule has 2 bridgehead atoms. The summed E-state index contributed by atoms with van der Waals surface area (Å²) in [6, 6.07) is 5.24. The quantitative estimate of drug-likeness (QED) is 0.0681. The molecule has 2 aromatic carbocycles. The molecule has 95 heavy (non-hydrogen) atoms. The number of benzene rings is 2. The number of thioether (sulfide) groups is 2. The van der Waals surface area contributed by atoms with Crippen LogP contribution in [-0.2, 0) is 80.1 Å². The number of hydrogen-bond donors (Lipinski definition) is 13. The minimum Gasteiger partial charge on any atom is -0.394 e. The molecule has 1 saturated heterocycles. The highest BCUT2D eigenvalue weighted by molar-refractivity contribution is 8.00. The zero-order valence-electron chi connectivity index (χ0n) is 54.2. The van der Waals surface area contributed by atoms with Gasteiger partial charge in [0, 0.05) is 85.8 Å². The molecule has 7 rings (SSSR count). The number of fused-ring (bicyclic) bond motifs is 5. The van der Waals surface area contributed by atoms with Gasteiger partial charge in [0.25, 0.3) is 0 Å². The van der Waals surface area contributed by atoms with Crippen LogP contribution in [0.1, 0.15) is 104 Å². The lowest BCUT2D eigenvalue weighted by Crippen LogP contribution is -2.56. The highest BCUT2D eigenvalue weighted by Crippen LogP contribution is 2.35. The number of H-pyrrole nitrogens is 1. The third-order valence-electron chi connectivity index (χ3n) is 18.0. The van der Waals surface area contributed by atoms with E-state index in [2.05, 4.69) is 52.8 Å². The van der Waals surface area contributed by atoms with Gasteiger partial charge in [-0.3, -0.25) is 67.1 Å². The molecule has 1 aliphatic carbocycles. The molecule has 3 aliphatic heterocycles. The standard InChI is InChI=1S/C65H87N11O17S2/c1-8-32(4)56-62(91)68-26-53(85)71-44-30-95-64-42(40-11-9-10-12-43(40)72-64)19-36(60(89)67-27-54(86)74-56)20-48(81)57(33(5)49(82)29-77)75-61(90)45-23-39(78)28-76(45)65(93)37(21-47(44)80)22-52(84)66-25-35-13-15-38(16-14-35)70-59(88)34(6)69-63(92)55(31(2)3)73-51(83)18-17-41-46(79)24-50(94-7)58(41)87/h9-16,31-34,36-37,39,41,44-45,49-50,55-57,72,77-78,82H,8,17-30H2,1-7H3,(H,66,84)(H,67,89)(H,68,91)(H,69,92)(H,70,88)(H,71,85)(H,73,83)(H,74,86)(H,75,90)/t32-,33-,34-,36-,37-,39+,41?,44-,45-,49-,50?,55?,56-,57-/m0/s1. The van der Waals surface area contributed by atoms with Crippen molar-refractivity contribution in [2.75, 3.05) is 43.6 Å². The topological polar surface area (TPSA) is 427 Å². The maximum atomic E-state index is 15.1. The number of carbonyl (C=O) groups excluding carboxylic acids is 14. The van der Waals surface area contributed by atoms with Crippen molar-refractivity contribution >= 4 is 122 Å². The maximum absolute atomic E-state index is 15.1. The number of hydrogen-bond acceptors (Lipinski definition) is 19. The van der Waals surface area contributed by atoms with Gasteiger partial charge >= 0.3 is 0 Å². The van der Waals surface area contributed by atoms with Gasteiger partial charge < -0.3 is 73.1 Å². The minimum atomic E-state index is -1.63. The van der Waals surface area contributed by atoms with Crippen molar-refractivity contribution in [3.05, 3.63) is 59.7 Å². The number of aliphatic hydroxyl groups excluding tert-OH is 3. The molecule has 10 amide bonds. The Balaban J connectivity index is 1.13. The Morgan fingerprint density at radius 1 is 0.758 bits per heavy atom. The van der Waals surface area contributed by atoms with Gasteiger partial charge in [0.15, 0.2) is 17.3 Å². The molecule has 3 unspecified atom stereocenters. The maximum Gasteiger partial charge on any atom is 0.246 e. The Kier molecular flexibility index (Phi) is 26.6. The number of rotatable bonds is 19. The molecule has 28 nitrogen and oxygen atoms in total. The summed E-state index contributed by atoms with van der Waals surface area (Å²) in [5.74, 6) is -15.7. The van der Waals surface area contributed by atoms with Gasteiger partial charge in [-0.05, 0) is 67.2 Å². The highest BCUT2D eigenvalue weighted by Gasteiger charge is 2.46. The van der Waals surface area contributed by atoms with Crippen molar-refractivity contribution in [3.8, 4) is 0 Å². The molecule has 516 valence electrons. The van der Waals surface area contributed by atoms with Crippen LogP contribution in [0, 0.1) is 35.5 Å². The number of aromatic amines is 1. The van der Waals surface area contributed by atoms with Gasteiger partial charge in [0.1, 0.15) is 30.0 Å². The number of nitrogens with zero attached hydrogens (tertiary/aromatic N) is 1. The van der Waals surface area contributed by atoms with E-state index >= 15 is 9.59 Å². The Bertz CT molecular complexity index is 3400. The van der Waals surface area contributed by atoms with Crippen molar-refractivity contribution in [3.63, 3.8) is 0 Å². The first-order valence-corrected chi connectivity index (χ1v) is 34.2. The summed E-state index contributed by atoms with van der Waals surface area (Å²) in [5, 5.41) is 56.6. The van der Waals surface area contributed by atoms with Crippen LogP contribution >= 0.6 is 23.5 Å². The highest BCUT2D eigenvalue weighted by atomic mass is 32.2. The van der Waals surface area contributed by atoms with Gasteiger partial charge in [0.2, 0.25) is 59.1 Å². The fraction of sp³-hybridized carbons (Fsp3) is 0.569. The molecule has 14 atom stereocenters. The Labute approximate surface area is 558 Å². The lowest BCUT2D eigenvalue weighted by atomic mass is 9.85. The van der Waals surface area contributed by atoms with Crippen molar-refractivity contribution in [1.29, 1.82) is 0 Å². The summed E-state index contributed by atoms with van der Waals surface area (Å²) >= 11 is 2.35. The lowest BCUT2D eigenvalue weighted by molar-refractivity contribution is -0.145. The molecule has 1 aromatic heterocycles. The monoisotopic (exact) mass is 1360 g/mol. The number of aromatic nitrogens is 1. The lowest BCUT2D eigenvalue weighted by Gasteiger charge is -2.32. The zero-order chi connectivity index (χ0) is 69.5. The second-order valence-electron chi connectivity index (χ2n) is 25.3. The number of anilines is 1. The van der Waals surface area contributed by atoms with Crippen LogP contribution in [0.3, 0.4) is 0 Å². The molecule has 3 aromatic rings. The first-order valence-electron chi connectivity index (χ1n) is 32.0. The van der Waals surface area contributed by atoms with Crippen LogP contribution in [0.25, 0.3) is 10.9 Å². The normalized spacial score (nSPS) is 25.4. The molecular weight excluding hydrogens is 1270 g/mol. The van der Waals surface area contributed by atoms with Crippen LogP contribution in [0.5, 0.6) is 0 Å². The third-order valence-corrected chi connectivity index (χ3v) is 20.1. The number of ketones is 4. The number of aliphatic hydroxyl groups is 3. The van der Waals surface area contributed by atoms with E-state index in [1.54, 1.807) is 70.3 Å². The van der Waals surface area contributed by atoms with E-state index in [-0.39, 0.29) is 56.0 Å². The second kappa shape index (κ2) is 34.1. The van der Waals surface area contributed by atoms with Crippen LogP contribution in [-0.4, -0.2) is 199 Å². The number of carbonyl (C=O) groups is 14. The summed E-state index contributed by atoms with van der Waals surface area (Å²) in [6.07, 6.45) is -3.44. The van der Waals surface area contributed by atoms with Crippen LogP contribution in [0.15, 0.2) is 53.6 Å². The first-order chi connectivity index (χ1) is 45.1. The Hall–Kier alpha value is -8.06. The van der Waals surface area contributed by atoms with E-state index in [0.29, 0.717) is 39.2 Å². The van der Waals surface area contributed by atoms with E-state index in [1.165, 1.54) is 37.7 Å². The van der Waals surface area contributed by atoms with Gasteiger partial charge in [-0.2, -0.15) is 11.8 Å². The van der Waals surface area contributed by atoms with E-state index in [4.69, 9.17) is 0 Å². The van der Waals surface area contributed by atoms with Crippen molar-refractivity contribution in [2.24, 2.45) is 35.5 Å². The molecule has 4 heterocycles. The molecular formula is C65H87N11O17S2. The molecule has 30 heteroatoms. The largest absolute Gasteiger partial charge is 0.394 e. The number of amides is 10. The molecule has 13 N–H and O–H groups in total. The average molecular weight is 1360 g/mol. The van der Waals surface area contributed by atoms with E-state index in [0.717, 1.165) is 16.7 Å². The summed E-state index contributed by atoms with van der Waals surface area (Å²) in [6.45, 7) is 6.90. The second-order valence-corrected chi connectivity index (χ2v) is 27.4. The summed E-state index contributed by atoms with van der Waals surface area (Å²) < 4.78 is 0. The summed E-state index contributed by atoms with van der Waals surface area (Å²) in [4.78, 5) is 199. The van der Waals surface area contributed by atoms with Crippen LogP contribution in [0.2, 0.25) is 0 Å². The molecule has 2 fully saturated rings. The average Bonchev–Trinajstić information content (AvgIpc) is 1.70. The van der Waals surface area contributed by atoms with E-state index in [1.807, 2.05) is 0 Å². The van der Waals surface area contributed by atoms with Crippen molar-refractivity contribution < 1.29 is 82.4 Å². The molecule has 1 saturated carbocycles. The SMILES string of the molecule is CC[C@H](C)[C@@H]1NC(=O)CNC(=O)[C@@H]2CC(=O)[C@H]([C@@H](C)[C@@H](O)CO)NC(=O)[C@@H]3C[C@@H](O)CN3C(=O)[C@H](CC(=O)NCc3ccc(NC(=O)[C@H](C)NC(=O)C(NC(=O)CCC4C(=O)CC(SC)C4=O)C(C)C)cc3)CC(=O)[C@H](CSc3[nH]c4ccccc4c3C2)NC(=O)CNC1=O. The molecule has 0 spiro atoms. The third kappa shape index (κ3) is 19.6. The predicted molar refractivity (Wildman–Crippen MR) is 349 cm³/mol. The predicted octanol–water partition coefficient (Wildman–Crippen LogP) is -0.375. The minimum absolute atomic E-state index is 0.0193. The van der Waals surface area contributed by atoms with E-state index in [9.17, 15) is 72.9 Å². The smallest absolute Gasteiger partial charge is 0.246 e. The number of nitrogens with one attached hydrogen (secondary N) is 10. The fourth-order valence-corrected chi connectivity index (χ4v) is 13.9. The van der Waals surface area contributed by atoms with E-state index < -0.39 is 205 Å². The number of Topliss-reactive ketones (excluding diaryl/α,β-unsaturated/α-hetero) is 4. The summed E-state index contributed by atoms with van der Waals surface area (Å²) in [7, 11) is 0. The molecule has 0 radical (unpaired) electrons. The van der Waals surface area contributed by atoms with Crippen molar-refractivity contribution in [2.45, 2.75) is 165 Å². The van der Waals surface area contributed by atoms with Gasteiger partial charge in [0.05, 0.1) is 66.1 Å². The zero-order valence-corrected chi connectivity index (χ0v) is 55.8. The Morgan fingerprint density at radius 3 is 2.11 bits per heavy atom. The van der Waals surface area contributed by atoms with Crippen LogP contribution in [0.4, 0.5) is 5.69 Å². The van der Waals surface area contributed by atoms with Gasteiger partial charge in [-0.15, -0.1) is 11.8 Å². The number of para-hydroxylation sites is 1. The first kappa shape index (κ1) is 74.3. The molecule has 4 aliphatic rings. The summed E-state index contributed by atoms with van der Waals surface area (Å²) in [5.41, 5.74) is 1.87. The van der Waals surface area contributed by atoms with Gasteiger partial charge in [-0.1, -0.05) is 71.4 Å². The fourth-order valence-electron chi connectivity index (χ4n) is 12.0. The Morgan fingerprint density at radius 2 is 1.44 bits per heavy atom. The van der Waals surface area contributed by atoms with Crippen molar-refractivity contribution in [1.82, 2.24) is 52.4 Å². The van der Waals surface area contributed by atoms with Gasteiger partial charge in [-0.25, -0.2) is 0 Å².